The molecule has 3 nitrogen and oxygen atoms in total. The molecule has 1 aromatic rings. The molecule has 0 fully saturated rings. The average molecular weight is 259 g/mol. The van der Waals surface area contributed by atoms with E-state index in [1.807, 2.05) is 0 Å². The molecule has 1 aromatic carbocycles. The molecule has 0 saturated carbocycles. The van der Waals surface area contributed by atoms with Crippen LogP contribution in [0.15, 0.2) is 22.7 Å². The first-order valence-corrected chi connectivity index (χ1v) is 5.06. The fourth-order valence-electron chi connectivity index (χ4n) is 1.07. The van der Waals surface area contributed by atoms with E-state index in [1.54, 1.807) is 25.1 Å². The van der Waals surface area contributed by atoms with E-state index < -0.39 is 0 Å². The Morgan fingerprint density at radius 1 is 1.57 bits per heavy atom. The van der Waals surface area contributed by atoms with E-state index in [1.165, 1.54) is 0 Å². The summed E-state index contributed by atoms with van der Waals surface area (Å²) in [7, 11) is 0. The molecule has 0 spiro atoms. The Hall–Kier alpha value is -1.03. The molecule has 1 N–H and O–H groups in total. The van der Waals surface area contributed by atoms with Crippen molar-refractivity contribution in [1.29, 1.82) is 0 Å². The third kappa shape index (κ3) is 2.73. The third-order valence-electron chi connectivity index (χ3n) is 1.70. The Bertz CT molecular complexity index is 336. The van der Waals surface area contributed by atoms with Gasteiger partial charge in [0.05, 0.1) is 17.5 Å². The largest absolute Gasteiger partial charge is 0.507 e. The number of carbonyl (C=O) groups excluding carboxylic acids is 1. The van der Waals surface area contributed by atoms with E-state index in [2.05, 4.69) is 15.9 Å². The molecule has 0 heterocycles. The quantitative estimate of drug-likeness (QED) is 0.847. The maximum absolute atomic E-state index is 11.2. The van der Waals surface area contributed by atoms with E-state index in [-0.39, 0.29) is 18.1 Å². The van der Waals surface area contributed by atoms with E-state index in [0.29, 0.717) is 11.1 Å². The summed E-state index contributed by atoms with van der Waals surface area (Å²) in [5.41, 5.74) is 0.725. The fourth-order valence-corrected chi connectivity index (χ4v) is 1.47. The number of benzene rings is 1. The van der Waals surface area contributed by atoms with Crippen LogP contribution in [0.1, 0.15) is 12.5 Å². The van der Waals surface area contributed by atoms with Crippen LogP contribution in [0.3, 0.4) is 0 Å². The topological polar surface area (TPSA) is 46.5 Å². The van der Waals surface area contributed by atoms with E-state index in [4.69, 9.17) is 4.74 Å². The minimum absolute atomic E-state index is 0.131. The molecular weight excluding hydrogens is 248 g/mol. The molecule has 4 heteroatoms. The van der Waals surface area contributed by atoms with Gasteiger partial charge >= 0.3 is 5.97 Å². The maximum atomic E-state index is 11.2. The normalized spacial score (nSPS) is 9.86. The van der Waals surface area contributed by atoms with Crippen molar-refractivity contribution < 1.29 is 14.6 Å². The second kappa shape index (κ2) is 5.00. The van der Waals surface area contributed by atoms with Crippen molar-refractivity contribution >= 4 is 21.9 Å². The van der Waals surface area contributed by atoms with Crippen molar-refractivity contribution in [2.45, 2.75) is 13.3 Å². The van der Waals surface area contributed by atoms with Crippen molar-refractivity contribution in [1.82, 2.24) is 0 Å². The SMILES string of the molecule is CCOC(=O)Cc1cccc(O)c1Br. The Balaban J connectivity index is 2.76. The van der Waals surface area contributed by atoms with Gasteiger partial charge in [-0.05, 0) is 34.5 Å². The zero-order chi connectivity index (χ0) is 10.6. The molecule has 0 aliphatic carbocycles. The number of phenols is 1. The fraction of sp³-hybridized carbons (Fsp3) is 0.300. The van der Waals surface area contributed by atoms with Crippen LogP contribution in [-0.2, 0) is 16.0 Å². The van der Waals surface area contributed by atoms with Crippen molar-refractivity contribution in [2.24, 2.45) is 0 Å². The lowest BCUT2D eigenvalue weighted by molar-refractivity contribution is -0.142. The van der Waals surface area contributed by atoms with Gasteiger partial charge in [-0.25, -0.2) is 0 Å². The summed E-state index contributed by atoms with van der Waals surface area (Å²) in [6, 6.07) is 5.01. The number of aromatic hydroxyl groups is 1. The molecule has 0 atom stereocenters. The number of phenolic OH excluding ortho intramolecular Hbond substituents is 1. The number of carbonyl (C=O) groups is 1. The highest BCUT2D eigenvalue weighted by Gasteiger charge is 2.09. The van der Waals surface area contributed by atoms with Crippen molar-refractivity contribution in [3.8, 4) is 5.75 Å². The highest BCUT2D eigenvalue weighted by molar-refractivity contribution is 9.10. The number of hydrogen-bond donors (Lipinski definition) is 1. The van der Waals surface area contributed by atoms with E-state index in [9.17, 15) is 9.90 Å². The van der Waals surface area contributed by atoms with Gasteiger partial charge in [0.1, 0.15) is 5.75 Å². The minimum Gasteiger partial charge on any atom is -0.507 e. The van der Waals surface area contributed by atoms with Crippen LogP contribution >= 0.6 is 15.9 Å². The lowest BCUT2D eigenvalue weighted by Gasteiger charge is -2.05. The molecule has 76 valence electrons. The summed E-state index contributed by atoms with van der Waals surface area (Å²) in [6.45, 7) is 2.13. The zero-order valence-corrected chi connectivity index (χ0v) is 9.37. The number of esters is 1. The summed E-state index contributed by atoms with van der Waals surface area (Å²) in [5, 5.41) is 9.34. The van der Waals surface area contributed by atoms with E-state index in [0.717, 1.165) is 5.56 Å². The number of rotatable bonds is 3. The number of halogens is 1. The predicted octanol–water partition coefficient (Wildman–Crippen LogP) is 2.26. The number of ether oxygens (including phenoxy) is 1. The summed E-state index contributed by atoms with van der Waals surface area (Å²) in [5.74, 6) is -0.161. The Kier molecular flexibility index (Phi) is 3.95. The van der Waals surface area contributed by atoms with Crippen LogP contribution in [0.2, 0.25) is 0 Å². The van der Waals surface area contributed by atoms with Gasteiger partial charge in [-0.2, -0.15) is 0 Å². The van der Waals surface area contributed by atoms with Crippen LogP contribution in [0.4, 0.5) is 0 Å². The van der Waals surface area contributed by atoms with Crippen molar-refractivity contribution in [3.05, 3.63) is 28.2 Å². The summed E-state index contributed by atoms with van der Waals surface area (Å²) < 4.78 is 5.35. The molecule has 0 bridgehead atoms. The molecule has 0 aliphatic rings. The third-order valence-corrected chi connectivity index (χ3v) is 2.61. The molecule has 0 aromatic heterocycles. The van der Waals surface area contributed by atoms with Gasteiger partial charge in [-0.15, -0.1) is 0 Å². The second-order valence-electron chi connectivity index (χ2n) is 2.73. The molecule has 0 aliphatic heterocycles. The first-order valence-electron chi connectivity index (χ1n) is 4.27. The van der Waals surface area contributed by atoms with Gasteiger partial charge in [0.15, 0.2) is 0 Å². The predicted molar refractivity (Wildman–Crippen MR) is 56.1 cm³/mol. The lowest BCUT2D eigenvalue weighted by atomic mass is 10.1. The van der Waals surface area contributed by atoms with Crippen LogP contribution in [0, 0.1) is 0 Å². The molecule has 0 radical (unpaired) electrons. The van der Waals surface area contributed by atoms with Gasteiger partial charge in [0.2, 0.25) is 0 Å². The standard InChI is InChI=1S/C10H11BrO3/c1-2-14-9(13)6-7-4-3-5-8(12)10(7)11/h3-5,12H,2,6H2,1H3. The maximum Gasteiger partial charge on any atom is 0.310 e. The average Bonchev–Trinajstić information content (AvgIpc) is 2.13. The first kappa shape index (κ1) is 11.0. The summed E-state index contributed by atoms with van der Waals surface area (Å²) in [4.78, 5) is 11.2. The summed E-state index contributed by atoms with van der Waals surface area (Å²) in [6.07, 6.45) is 0.169. The Labute approximate surface area is 90.8 Å². The van der Waals surface area contributed by atoms with Crippen LogP contribution < -0.4 is 0 Å². The molecule has 14 heavy (non-hydrogen) atoms. The van der Waals surface area contributed by atoms with Crippen LogP contribution in [0.5, 0.6) is 5.75 Å². The highest BCUT2D eigenvalue weighted by atomic mass is 79.9. The lowest BCUT2D eigenvalue weighted by Crippen LogP contribution is -2.07. The van der Waals surface area contributed by atoms with Gasteiger partial charge in [0, 0.05) is 0 Å². The molecule has 1 rings (SSSR count). The molecule has 0 unspecified atom stereocenters. The first-order chi connectivity index (χ1) is 6.65. The Morgan fingerprint density at radius 2 is 2.29 bits per heavy atom. The smallest absolute Gasteiger partial charge is 0.310 e. The zero-order valence-electron chi connectivity index (χ0n) is 7.79. The Morgan fingerprint density at radius 3 is 2.93 bits per heavy atom. The van der Waals surface area contributed by atoms with E-state index >= 15 is 0 Å². The van der Waals surface area contributed by atoms with Crippen molar-refractivity contribution in [3.63, 3.8) is 0 Å². The van der Waals surface area contributed by atoms with Gasteiger partial charge in [-0.1, -0.05) is 12.1 Å². The molecule has 0 amide bonds. The summed E-state index contributed by atoms with van der Waals surface area (Å²) >= 11 is 3.20. The van der Waals surface area contributed by atoms with Gasteiger partial charge in [-0.3, -0.25) is 4.79 Å². The monoisotopic (exact) mass is 258 g/mol. The van der Waals surface area contributed by atoms with Crippen molar-refractivity contribution in [2.75, 3.05) is 6.61 Å². The van der Waals surface area contributed by atoms with Gasteiger partial charge < -0.3 is 9.84 Å². The van der Waals surface area contributed by atoms with Crippen LogP contribution in [-0.4, -0.2) is 17.7 Å². The van der Waals surface area contributed by atoms with Crippen LogP contribution in [0.25, 0.3) is 0 Å². The minimum atomic E-state index is -0.293. The highest BCUT2D eigenvalue weighted by Crippen LogP contribution is 2.27. The second-order valence-corrected chi connectivity index (χ2v) is 3.53. The van der Waals surface area contributed by atoms with Gasteiger partial charge in [0.25, 0.3) is 0 Å². The number of hydrogen-bond acceptors (Lipinski definition) is 3. The molecule has 0 saturated heterocycles. The molecular formula is C10H11BrO3.